The molecule has 0 saturated carbocycles. The quantitative estimate of drug-likeness (QED) is 0.341. The second-order valence-corrected chi connectivity index (χ2v) is 7.86. The maximum absolute atomic E-state index is 5.88. The van der Waals surface area contributed by atoms with Crippen LogP contribution in [0.4, 0.5) is 23.3 Å². The lowest BCUT2D eigenvalue weighted by Gasteiger charge is -2.29. The Balaban J connectivity index is 1.15. The number of nitrogens with zero attached hydrogens (tertiary/aromatic N) is 5. The van der Waals surface area contributed by atoms with Crippen LogP contribution < -0.4 is 20.3 Å². The molecule has 11 nitrogen and oxygen atoms in total. The van der Waals surface area contributed by atoms with Gasteiger partial charge < -0.3 is 29.5 Å². The van der Waals surface area contributed by atoms with Crippen molar-refractivity contribution in [2.75, 3.05) is 41.8 Å². The highest BCUT2D eigenvalue weighted by molar-refractivity contribution is 5.54. The Morgan fingerprint density at radius 3 is 2.91 bits per heavy atom. The summed E-state index contributed by atoms with van der Waals surface area (Å²) in [6.07, 6.45) is 1.67. The number of hydrogen-bond acceptors (Lipinski definition) is 10. The Hall–Kier alpha value is -4.12. The molecule has 3 N–H and O–H groups in total. The molecule has 1 aliphatic heterocycles. The van der Waals surface area contributed by atoms with E-state index in [-0.39, 0.29) is 0 Å². The number of anilines is 4. The number of aryl methyl sites for hydroxylation is 1. The highest BCUT2D eigenvalue weighted by Crippen LogP contribution is 2.21. The Morgan fingerprint density at radius 1 is 1.15 bits per heavy atom. The van der Waals surface area contributed by atoms with E-state index in [2.05, 4.69) is 53.0 Å². The molecule has 0 atom stereocenters. The van der Waals surface area contributed by atoms with Gasteiger partial charge in [-0.1, -0.05) is 17.3 Å². The van der Waals surface area contributed by atoms with Gasteiger partial charge in [-0.2, -0.15) is 4.98 Å². The Kier molecular flexibility index (Phi) is 6.52. The van der Waals surface area contributed by atoms with Crippen LogP contribution in [0.2, 0.25) is 0 Å². The second kappa shape index (κ2) is 10.2. The fourth-order valence-corrected chi connectivity index (χ4v) is 3.58. The minimum Gasteiger partial charge on any atom is -0.472 e. The summed E-state index contributed by atoms with van der Waals surface area (Å²) < 4.78 is 16.5. The van der Waals surface area contributed by atoms with E-state index in [1.807, 2.05) is 25.1 Å². The number of aromatic nitrogens is 5. The third-order valence-electron chi connectivity index (χ3n) is 5.24. The van der Waals surface area contributed by atoms with Crippen molar-refractivity contribution in [2.24, 2.45) is 0 Å². The van der Waals surface area contributed by atoms with Crippen LogP contribution in [0.1, 0.15) is 17.0 Å². The third kappa shape index (κ3) is 5.62. The van der Waals surface area contributed by atoms with Crippen LogP contribution in [0.3, 0.4) is 0 Å². The van der Waals surface area contributed by atoms with Gasteiger partial charge in [-0.3, -0.25) is 5.10 Å². The van der Waals surface area contributed by atoms with Gasteiger partial charge in [0.05, 0.1) is 25.5 Å². The van der Waals surface area contributed by atoms with E-state index in [1.165, 1.54) is 5.69 Å². The van der Waals surface area contributed by atoms with Crippen molar-refractivity contribution in [1.29, 1.82) is 0 Å². The maximum Gasteiger partial charge on any atom is 0.235 e. The van der Waals surface area contributed by atoms with Crippen LogP contribution in [-0.4, -0.2) is 51.6 Å². The average Bonchev–Trinajstić information content (AvgIpc) is 3.51. The lowest BCUT2D eigenvalue weighted by molar-refractivity contribution is 0.122. The van der Waals surface area contributed by atoms with Crippen LogP contribution in [0.15, 0.2) is 53.2 Å². The van der Waals surface area contributed by atoms with Gasteiger partial charge >= 0.3 is 0 Å². The first kappa shape index (κ1) is 21.7. The standard InChI is InChI=1S/C23H26N8O3/c1-16-11-19(34-30-16)14-25-23-24-6-5-20(27-23)26-21-13-22(29-28-21)33-15-17-3-2-4-18(12-17)31-7-9-32-10-8-31/h2-6,11-13H,7-10,14-15H2,1H3,(H3,24,25,26,27,28,29). The zero-order chi connectivity index (χ0) is 23.2. The van der Waals surface area contributed by atoms with Gasteiger partial charge in [0, 0.05) is 37.1 Å². The smallest absolute Gasteiger partial charge is 0.235 e. The summed E-state index contributed by atoms with van der Waals surface area (Å²) >= 11 is 0. The summed E-state index contributed by atoms with van der Waals surface area (Å²) in [6.45, 7) is 6.06. The molecule has 0 unspecified atom stereocenters. The van der Waals surface area contributed by atoms with Crippen molar-refractivity contribution >= 4 is 23.3 Å². The Morgan fingerprint density at radius 2 is 2.06 bits per heavy atom. The van der Waals surface area contributed by atoms with Crippen LogP contribution in [0.25, 0.3) is 0 Å². The molecule has 1 saturated heterocycles. The summed E-state index contributed by atoms with van der Waals surface area (Å²) in [7, 11) is 0. The van der Waals surface area contributed by atoms with E-state index in [1.54, 1.807) is 18.3 Å². The molecule has 3 aromatic heterocycles. The van der Waals surface area contributed by atoms with Crippen LogP contribution in [0.5, 0.6) is 5.88 Å². The topological polar surface area (TPSA) is 126 Å². The van der Waals surface area contributed by atoms with Crippen molar-refractivity contribution in [1.82, 2.24) is 25.3 Å². The molecule has 0 amide bonds. The number of morpholine rings is 1. The zero-order valence-electron chi connectivity index (χ0n) is 18.8. The van der Waals surface area contributed by atoms with Gasteiger partial charge in [0.2, 0.25) is 11.8 Å². The minimum atomic E-state index is 0.422. The Labute approximate surface area is 196 Å². The fraction of sp³-hybridized carbons (Fsp3) is 0.304. The SMILES string of the molecule is Cc1cc(CNc2nccc(Nc3cc(OCc4cccc(N5CCOCC5)c4)n[nH]3)n2)on1. The van der Waals surface area contributed by atoms with Crippen molar-refractivity contribution in [3.8, 4) is 5.88 Å². The summed E-state index contributed by atoms with van der Waals surface area (Å²) in [6, 6.07) is 13.8. The summed E-state index contributed by atoms with van der Waals surface area (Å²) in [5, 5.41) is 17.3. The number of nitrogens with one attached hydrogen (secondary N) is 3. The van der Waals surface area contributed by atoms with Gasteiger partial charge in [0.1, 0.15) is 18.2 Å². The molecular weight excluding hydrogens is 436 g/mol. The van der Waals surface area contributed by atoms with E-state index < -0.39 is 0 Å². The number of ether oxygens (including phenoxy) is 2. The lowest BCUT2D eigenvalue weighted by Crippen LogP contribution is -2.36. The molecule has 0 bridgehead atoms. The molecule has 4 aromatic rings. The van der Waals surface area contributed by atoms with Crippen LogP contribution in [0, 0.1) is 6.92 Å². The molecule has 0 radical (unpaired) electrons. The molecule has 11 heteroatoms. The molecule has 4 heterocycles. The van der Waals surface area contributed by atoms with E-state index in [0.717, 1.165) is 37.6 Å². The first-order valence-corrected chi connectivity index (χ1v) is 11.1. The molecule has 0 aliphatic carbocycles. The number of hydrogen-bond donors (Lipinski definition) is 3. The second-order valence-electron chi connectivity index (χ2n) is 7.86. The van der Waals surface area contributed by atoms with Gasteiger partial charge in [0.15, 0.2) is 5.76 Å². The molecular formula is C23H26N8O3. The number of rotatable bonds is 9. The fourth-order valence-electron chi connectivity index (χ4n) is 3.58. The Bertz CT molecular complexity index is 1220. The normalized spacial score (nSPS) is 13.6. The summed E-state index contributed by atoms with van der Waals surface area (Å²) in [4.78, 5) is 11.0. The van der Waals surface area contributed by atoms with E-state index in [0.29, 0.717) is 42.4 Å². The lowest BCUT2D eigenvalue weighted by atomic mass is 10.2. The van der Waals surface area contributed by atoms with Crippen molar-refractivity contribution in [3.05, 3.63) is 65.7 Å². The highest BCUT2D eigenvalue weighted by Gasteiger charge is 2.12. The average molecular weight is 463 g/mol. The van der Waals surface area contributed by atoms with Crippen molar-refractivity contribution < 1.29 is 14.0 Å². The molecule has 1 aliphatic rings. The highest BCUT2D eigenvalue weighted by atomic mass is 16.5. The van der Waals surface area contributed by atoms with Gasteiger partial charge in [0.25, 0.3) is 0 Å². The zero-order valence-corrected chi connectivity index (χ0v) is 18.8. The van der Waals surface area contributed by atoms with Crippen LogP contribution in [-0.2, 0) is 17.9 Å². The molecule has 1 aromatic carbocycles. The minimum absolute atomic E-state index is 0.422. The first-order valence-electron chi connectivity index (χ1n) is 11.1. The molecule has 176 valence electrons. The van der Waals surface area contributed by atoms with Crippen molar-refractivity contribution in [2.45, 2.75) is 20.1 Å². The summed E-state index contributed by atoms with van der Waals surface area (Å²) in [5.74, 6) is 2.94. The van der Waals surface area contributed by atoms with Crippen molar-refractivity contribution in [3.63, 3.8) is 0 Å². The third-order valence-corrected chi connectivity index (χ3v) is 5.24. The van der Waals surface area contributed by atoms with Crippen LogP contribution >= 0.6 is 0 Å². The predicted molar refractivity (Wildman–Crippen MR) is 126 cm³/mol. The maximum atomic E-state index is 5.88. The van der Waals surface area contributed by atoms with Gasteiger partial charge in [-0.25, -0.2) is 4.98 Å². The number of aromatic amines is 1. The molecule has 0 spiro atoms. The molecule has 1 fully saturated rings. The monoisotopic (exact) mass is 462 g/mol. The number of benzene rings is 1. The molecule has 5 rings (SSSR count). The van der Waals surface area contributed by atoms with E-state index in [9.17, 15) is 0 Å². The van der Waals surface area contributed by atoms with Gasteiger partial charge in [-0.05, 0) is 30.7 Å². The first-order chi connectivity index (χ1) is 16.7. The predicted octanol–water partition coefficient (Wildman–Crippen LogP) is 3.27. The van der Waals surface area contributed by atoms with Gasteiger partial charge in [-0.15, -0.1) is 5.10 Å². The number of H-pyrrole nitrogens is 1. The van der Waals surface area contributed by atoms with E-state index >= 15 is 0 Å². The molecule has 34 heavy (non-hydrogen) atoms. The largest absolute Gasteiger partial charge is 0.472 e. The van der Waals surface area contributed by atoms with E-state index in [4.69, 9.17) is 14.0 Å². The summed E-state index contributed by atoms with van der Waals surface area (Å²) in [5.41, 5.74) is 3.09.